The van der Waals surface area contributed by atoms with Crippen molar-refractivity contribution in [1.29, 1.82) is 0 Å². The van der Waals surface area contributed by atoms with Gasteiger partial charge in [-0.15, -0.1) is 0 Å². The summed E-state index contributed by atoms with van der Waals surface area (Å²) in [5.74, 6) is 0. The van der Waals surface area contributed by atoms with Crippen LogP contribution in [0.1, 0.15) is 0 Å². The molecular weight excluding hydrogens is 290 g/mol. The van der Waals surface area contributed by atoms with E-state index in [9.17, 15) is 4.32 Å². The number of hydrogen-bond acceptors (Lipinski definition) is 6. The summed E-state index contributed by atoms with van der Waals surface area (Å²) in [6, 6.07) is 15.5. The Morgan fingerprint density at radius 3 is 1.50 bits per heavy atom. The van der Waals surface area contributed by atoms with Crippen molar-refractivity contribution in [1.82, 2.24) is 10.3 Å². The molecule has 0 saturated carbocycles. The fraction of sp³-hybridized carbons (Fsp3) is 0. The van der Waals surface area contributed by atoms with Gasteiger partial charge in [0.05, 0.1) is 12.4 Å². The lowest BCUT2D eigenvalue weighted by Crippen LogP contribution is -1.98. The Morgan fingerprint density at radius 2 is 1.14 bits per heavy atom. The molecule has 4 aromatic rings. The van der Waals surface area contributed by atoms with Gasteiger partial charge in [0.25, 0.3) is 0 Å². The lowest BCUT2D eigenvalue weighted by Gasteiger charge is -1.78. The predicted octanol–water partition coefficient (Wildman–Crippen LogP) is 2.58. The maximum Gasteiger partial charge on any atom is 0.674 e. The average Bonchev–Trinajstić information content (AvgIpc) is 3.16. The molecule has 0 aliphatic carbocycles. The van der Waals surface area contributed by atoms with Gasteiger partial charge in [-0.1, -0.05) is 34.6 Å². The van der Waals surface area contributed by atoms with Gasteiger partial charge in [-0.2, -0.15) is 0 Å². The van der Waals surface area contributed by atoms with E-state index in [1.54, 1.807) is 12.4 Å². The molecule has 22 heavy (non-hydrogen) atoms. The fourth-order valence-corrected chi connectivity index (χ4v) is 1.62. The molecule has 0 atom stereocenters. The van der Waals surface area contributed by atoms with Gasteiger partial charge in [0, 0.05) is 10.8 Å². The highest BCUT2D eigenvalue weighted by Crippen LogP contribution is 2.11. The summed E-state index contributed by atoms with van der Waals surface area (Å²) >= 11 is 0. The highest BCUT2D eigenvalue weighted by atomic mass is 19.1. The lowest BCUT2D eigenvalue weighted by molar-refractivity contribution is 0.340. The molecule has 2 aromatic heterocycles. The molecule has 0 radical (unpaired) electrons. The van der Waals surface area contributed by atoms with Crippen LogP contribution >= 0.6 is 0 Å². The van der Waals surface area contributed by atoms with Crippen molar-refractivity contribution in [3.63, 3.8) is 0 Å². The molecule has 0 fully saturated rings. The minimum Gasteiger partial charge on any atom is -0.398 e. The summed E-state index contributed by atoms with van der Waals surface area (Å²) in [7, 11) is -2.67. The van der Waals surface area contributed by atoms with E-state index in [1.807, 2.05) is 48.5 Å². The van der Waals surface area contributed by atoms with Crippen LogP contribution in [0.3, 0.4) is 0 Å². The van der Waals surface area contributed by atoms with E-state index in [1.165, 1.54) is 0 Å². The summed E-state index contributed by atoms with van der Waals surface area (Å²) in [6.45, 7) is 0. The summed E-state index contributed by atoms with van der Waals surface area (Å²) in [4.78, 5) is 0. The minimum atomic E-state index is -2.67. The largest absolute Gasteiger partial charge is 0.674 e. The molecule has 0 saturated heterocycles. The van der Waals surface area contributed by atoms with Gasteiger partial charge < -0.3 is 19.1 Å². The highest BCUT2D eigenvalue weighted by molar-refractivity contribution is 6.31. The zero-order valence-electron chi connectivity index (χ0n) is 11.3. The Bertz CT molecular complexity index is 689. The summed E-state index contributed by atoms with van der Waals surface area (Å²) < 4.78 is 19.8. The van der Waals surface area contributed by atoms with Crippen LogP contribution in [-0.2, 0) is 0 Å². The summed E-state index contributed by atoms with van der Waals surface area (Å²) in [5, 5.41) is 23.2. The second-order valence-corrected chi connectivity index (χ2v) is 4.04. The van der Waals surface area contributed by atoms with Gasteiger partial charge in [0.15, 0.2) is 11.2 Å². The Morgan fingerprint density at radius 1 is 0.773 bits per heavy atom. The zero-order chi connectivity index (χ0) is 15.8. The van der Waals surface area contributed by atoms with Crippen molar-refractivity contribution >= 4 is 29.3 Å². The molecule has 2 heterocycles. The molecule has 0 aliphatic heterocycles. The van der Waals surface area contributed by atoms with Crippen LogP contribution in [0.5, 0.6) is 0 Å². The third-order valence-electron chi connectivity index (χ3n) is 2.52. The predicted molar refractivity (Wildman–Crippen MR) is 79.3 cm³/mol. The minimum absolute atomic E-state index is 0.845. The van der Waals surface area contributed by atoms with Gasteiger partial charge in [-0.05, 0) is 24.3 Å². The zero-order valence-corrected chi connectivity index (χ0v) is 11.3. The number of para-hydroxylation sites is 2. The van der Waals surface area contributed by atoms with Crippen molar-refractivity contribution in [2.45, 2.75) is 0 Å². The maximum absolute atomic E-state index is 10.1. The quantitative estimate of drug-likeness (QED) is 0.485. The van der Waals surface area contributed by atoms with Crippen molar-refractivity contribution in [2.24, 2.45) is 0 Å². The highest BCUT2D eigenvalue weighted by Gasteiger charge is 1.97. The maximum atomic E-state index is 10.1. The second kappa shape index (κ2) is 7.91. The molecule has 0 unspecified atom stereocenters. The average molecular weight is 302 g/mol. The molecule has 0 bridgehead atoms. The first-order valence-electron chi connectivity index (χ1n) is 6.26. The number of nitrogens with zero attached hydrogens (tertiary/aromatic N) is 2. The topological polar surface area (TPSA) is 92.5 Å². The molecule has 8 heteroatoms. The number of benzene rings is 2. The van der Waals surface area contributed by atoms with E-state index in [2.05, 4.69) is 10.3 Å². The van der Waals surface area contributed by atoms with Crippen molar-refractivity contribution in [3.8, 4) is 0 Å². The monoisotopic (exact) mass is 302 g/mol. The summed E-state index contributed by atoms with van der Waals surface area (Å²) in [5.41, 5.74) is 1.69. The lowest BCUT2D eigenvalue weighted by atomic mass is 10.3. The van der Waals surface area contributed by atoms with E-state index in [-0.39, 0.29) is 0 Å². The van der Waals surface area contributed by atoms with Gasteiger partial charge in [0.2, 0.25) is 0 Å². The third-order valence-corrected chi connectivity index (χ3v) is 2.52. The number of fused-ring (bicyclic) bond motifs is 2. The van der Waals surface area contributed by atoms with E-state index in [4.69, 9.17) is 19.1 Å². The molecule has 0 amide bonds. The molecule has 0 aliphatic rings. The first kappa shape index (κ1) is 15.7. The molecule has 0 spiro atoms. The molecule has 6 nitrogen and oxygen atoms in total. The normalized spacial score (nSPS) is 9.59. The van der Waals surface area contributed by atoms with Gasteiger partial charge >= 0.3 is 7.40 Å². The molecule has 4 rings (SSSR count). The van der Waals surface area contributed by atoms with Crippen molar-refractivity contribution in [2.75, 3.05) is 0 Å². The number of halogens is 1. The fourth-order valence-electron chi connectivity index (χ4n) is 1.62. The van der Waals surface area contributed by atoms with Crippen molar-refractivity contribution in [3.05, 3.63) is 60.9 Å². The molecule has 112 valence electrons. The third kappa shape index (κ3) is 4.69. The van der Waals surface area contributed by atoms with Crippen LogP contribution < -0.4 is 0 Å². The Kier molecular flexibility index (Phi) is 5.64. The van der Waals surface area contributed by atoms with Crippen LogP contribution in [0.25, 0.3) is 21.9 Å². The first-order valence-corrected chi connectivity index (χ1v) is 6.26. The standard InChI is InChI=1S/2C7H5NO.BFH2O2/c2*1-2-4-7-6(3-1)5-8-9-7;2-1(3)4/h2*1-5H;3-4H. The number of rotatable bonds is 0. The van der Waals surface area contributed by atoms with Crippen LogP contribution in [0, 0.1) is 0 Å². The molecule has 2 aromatic carbocycles. The van der Waals surface area contributed by atoms with Gasteiger partial charge in [0.1, 0.15) is 0 Å². The van der Waals surface area contributed by atoms with Gasteiger partial charge in [-0.25, -0.2) is 0 Å². The molecule has 2 N–H and O–H groups in total. The molecular formula is C14H12BFN2O4. The van der Waals surface area contributed by atoms with Crippen LogP contribution in [0.15, 0.2) is 70.0 Å². The Hall–Kier alpha value is -2.71. The Balaban J connectivity index is 0.000000131. The second-order valence-electron chi connectivity index (χ2n) is 4.04. The van der Waals surface area contributed by atoms with Gasteiger partial charge in [-0.3, -0.25) is 4.32 Å². The SMILES string of the molecule is OB(O)F.c1ccc2oncc2c1.c1ccc2oncc2c1. The summed E-state index contributed by atoms with van der Waals surface area (Å²) in [6.07, 6.45) is 3.41. The number of hydrogen-bond donors (Lipinski definition) is 2. The Labute approximate surface area is 124 Å². The van der Waals surface area contributed by atoms with E-state index in [0.717, 1.165) is 21.9 Å². The first-order chi connectivity index (χ1) is 10.7. The van der Waals surface area contributed by atoms with Crippen LogP contribution in [-0.4, -0.2) is 27.8 Å². The van der Waals surface area contributed by atoms with E-state index < -0.39 is 7.40 Å². The smallest absolute Gasteiger partial charge is 0.398 e. The van der Waals surface area contributed by atoms with Crippen LogP contribution in [0.4, 0.5) is 4.32 Å². The number of aromatic nitrogens is 2. The van der Waals surface area contributed by atoms with Crippen molar-refractivity contribution < 1.29 is 23.4 Å². The van der Waals surface area contributed by atoms with E-state index in [0.29, 0.717) is 0 Å². The van der Waals surface area contributed by atoms with E-state index >= 15 is 0 Å². The van der Waals surface area contributed by atoms with Crippen LogP contribution in [0.2, 0.25) is 0 Å².